The maximum Gasteiger partial charge on any atom is 0.244 e. The zero-order valence-corrected chi connectivity index (χ0v) is 12.8. The van der Waals surface area contributed by atoms with Crippen molar-refractivity contribution in [2.24, 2.45) is 0 Å². The molecule has 0 aliphatic carbocycles. The van der Waals surface area contributed by atoms with Gasteiger partial charge in [0.25, 0.3) is 0 Å². The first-order valence-electron chi connectivity index (χ1n) is 5.10. The number of hydrogen-bond donors (Lipinski definition) is 0. The molecule has 0 atom stereocenters. The lowest BCUT2D eigenvalue weighted by Crippen LogP contribution is -2.26. The molecule has 0 saturated carbocycles. The first-order chi connectivity index (χ1) is 8.51. The quantitative estimate of drug-likeness (QED) is 0.855. The zero-order valence-electron chi connectivity index (χ0n) is 9.58. The molecule has 18 heavy (non-hydrogen) atoms. The van der Waals surface area contributed by atoms with E-state index < -0.39 is 10.0 Å². The summed E-state index contributed by atoms with van der Waals surface area (Å²) < 4.78 is 26.6. The highest BCUT2D eigenvalue weighted by molar-refractivity contribution is 9.10. The molecule has 4 nitrogen and oxygen atoms in total. The van der Waals surface area contributed by atoms with E-state index in [1.165, 1.54) is 15.6 Å². The fourth-order valence-corrected chi connectivity index (χ4v) is 4.10. The molecular weight excluding hydrogens is 336 g/mol. The highest BCUT2D eigenvalue weighted by atomic mass is 79.9. The first-order valence-corrected chi connectivity index (χ1v) is 8.27. The van der Waals surface area contributed by atoms with E-state index >= 15 is 0 Å². The second-order valence-electron chi connectivity index (χ2n) is 3.67. The van der Waals surface area contributed by atoms with Crippen LogP contribution in [0.5, 0.6) is 0 Å². The largest absolute Gasteiger partial charge is 0.248 e. The third-order valence-corrected chi connectivity index (χ3v) is 5.84. The molecule has 1 aromatic carbocycles. The number of benzene rings is 1. The molecule has 0 saturated heterocycles. The van der Waals surface area contributed by atoms with Crippen LogP contribution in [0.25, 0.3) is 0 Å². The minimum Gasteiger partial charge on any atom is -0.248 e. The standard InChI is InChI=1S/C11H11BrN2O2S2/c1-14(6-9-7-17-8-13-9)18(15,16)11-5-3-2-4-10(11)12/h2-5,7-8H,6H2,1H3. The molecular formula is C11H11BrN2O2S2. The van der Waals surface area contributed by atoms with Crippen molar-refractivity contribution in [1.82, 2.24) is 9.29 Å². The Morgan fingerprint density at radius 3 is 2.72 bits per heavy atom. The van der Waals surface area contributed by atoms with Gasteiger partial charge in [0.1, 0.15) is 0 Å². The Hall–Kier alpha value is -0.760. The van der Waals surface area contributed by atoms with Crippen LogP contribution in [0.4, 0.5) is 0 Å². The van der Waals surface area contributed by atoms with Crippen LogP contribution in [0.3, 0.4) is 0 Å². The van der Waals surface area contributed by atoms with Gasteiger partial charge in [-0.15, -0.1) is 11.3 Å². The molecule has 1 heterocycles. The number of aromatic nitrogens is 1. The van der Waals surface area contributed by atoms with Crippen molar-refractivity contribution in [2.45, 2.75) is 11.4 Å². The van der Waals surface area contributed by atoms with Crippen LogP contribution in [0.1, 0.15) is 5.69 Å². The average Bonchev–Trinajstić information content (AvgIpc) is 2.82. The summed E-state index contributed by atoms with van der Waals surface area (Å²) in [5.74, 6) is 0. The molecule has 0 amide bonds. The molecule has 0 fully saturated rings. The fraction of sp³-hybridized carbons (Fsp3) is 0.182. The second kappa shape index (κ2) is 5.48. The van der Waals surface area contributed by atoms with Crippen molar-refractivity contribution in [2.75, 3.05) is 7.05 Å². The number of halogens is 1. The van der Waals surface area contributed by atoms with Gasteiger partial charge in [0.2, 0.25) is 10.0 Å². The third-order valence-electron chi connectivity index (χ3n) is 2.39. The van der Waals surface area contributed by atoms with Crippen molar-refractivity contribution >= 4 is 37.3 Å². The first kappa shape index (κ1) is 13.7. The summed E-state index contributed by atoms with van der Waals surface area (Å²) in [5, 5.41) is 1.84. The maximum atomic E-state index is 12.4. The zero-order chi connectivity index (χ0) is 13.2. The number of thiazole rings is 1. The maximum absolute atomic E-state index is 12.4. The van der Waals surface area contributed by atoms with E-state index in [0.717, 1.165) is 5.69 Å². The number of hydrogen-bond acceptors (Lipinski definition) is 4. The number of sulfonamides is 1. The molecule has 1 aromatic heterocycles. The predicted molar refractivity (Wildman–Crippen MR) is 74.9 cm³/mol. The average molecular weight is 347 g/mol. The SMILES string of the molecule is CN(Cc1cscn1)S(=O)(=O)c1ccccc1Br. The smallest absolute Gasteiger partial charge is 0.244 e. The number of rotatable bonds is 4. The monoisotopic (exact) mass is 346 g/mol. The molecule has 96 valence electrons. The van der Waals surface area contributed by atoms with Gasteiger partial charge in [-0.25, -0.2) is 13.4 Å². The number of nitrogens with zero attached hydrogens (tertiary/aromatic N) is 2. The summed E-state index contributed by atoms with van der Waals surface area (Å²) in [7, 11) is -1.94. The van der Waals surface area contributed by atoms with Gasteiger partial charge in [-0.05, 0) is 28.1 Å². The van der Waals surface area contributed by atoms with E-state index in [9.17, 15) is 8.42 Å². The Morgan fingerprint density at radius 1 is 1.39 bits per heavy atom. The van der Waals surface area contributed by atoms with Gasteiger partial charge >= 0.3 is 0 Å². The van der Waals surface area contributed by atoms with Gasteiger partial charge in [0.05, 0.1) is 22.6 Å². The summed E-state index contributed by atoms with van der Waals surface area (Å²) in [6, 6.07) is 6.78. The summed E-state index contributed by atoms with van der Waals surface area (Å²) in [5.41, 5.74) is 2.44. The molecule has 0 spiro atoms. The Kier molecular flexibility index (Phi) is 4.16. The lowest BCUT2D eigenvalue weighted by atomic mass is 10.4. The van der Waals surface area contributed by atoms with Gasteiger partial charge in [0, 0.05) is 16.9 Å². The van der Waals surface area contributed by atoms with Crippen LogP contribution in [-0.4, -0.2) is 24.8 Å². The van der Waals surface area contributed by atoms with Crippen molar-refractivity contribution in [3.8, 4) is 0 Å². The molecule has 0 radical (unpaired) electrons. The van der Waals surface area contributed by atoms with Crippen LogP contribution in [-0.2, 0) is 16.6 Å². The van der Waals surface area contributed by atoms with Gasteiger partial charge in [0.15, 0.2) is 0 Å². The minimum absolute atomic E-state index is 0.266. The Balaban J connectivity index is 2.29. The molecule has 2 aromatic rings. The normalized spacial score (nSPS) is 11.9. The van der Waals surface area contributed by atoms with Gasteiger partial charge < -0.3 is 0 Å². The Labute approximate surface area is 118 Å². The summed E-state index contributed by atoms with van der Waals surface area (Å²) in [6.45, 7) is 0.271. The highest BCUT2D eigenvalue weighted by Gasteiger charge is 2.23. The lowest BCUT2D eigenvalue weighted by Gasteiger charge is -2.16. The van der Waals surface area contributed by atoms with Crippen LogP contribution >= 0.6 is 27.3 Å². The van der Waals surface area contributed by atoms with Crippen LogP contribution in [0, 0.1) is 0 Å². The van der Waals surface area contributed by atoms with E-state index in [1.807, 2.05) is 5.38 Å². The minimum atomic E-state index is -3.49. The van der Waals surface area contributed by atoms with Crippen molar-refractivity contribution in [3.05, 3.63) is 45.3 Å². The molecule has 0 unspecified atom stereocenters. The predicted octanol–water partition coefficient (Wildman–Crippen LogP) is 2.73. The molecule has 7 heteroatoms. The highest BCUT2D eigenvalue weighted by Crippen LogP contribution is 2.24. The summed E-state index contributed by atoms with van der Waals surface area (Å²) in [4.78, 5) is 4.35. The van der Waals surface area contributed by atoms with Crippen molar-refractivity contribution < 1.29 is 8.42 Å². The van der Waals surface area contributed by atoms with Crippen LogP contribution in [0.15, 0.2) is 44.5 Å². The summed E-state index contributed by atoms with van der Waals surface area (Å²) >= 11 is 4.71. The third kappa shape index (κ3) is 2.80. The van der Waals surface area contributed by atoms with Gasteiger partial charge in [-0.3, -0.25) is 0 Å². The second-order valence-corrected chi connectivity index (χ2v) is 7.26. The molecule has 0 aliphatic rings. The van der Waals surface area contributed by atoms with E-state index in [4.69, 9.17) is 0 Å². The summed E-state index contributed by atoms with van der Waals surface area (Å²) in [6.07, 6.45) is 0. The Bertz CT molecular complexity index is 626. The topological polar surface area (TPSA) is 50.3 Å². The molecule has 0 bridgehead atoms. The molecule has 0 aliphatic heterocycles. The molecule has 0 N–H and O–H groups in total. The van der Waals surface area contributed by atoms with Crippen LogP contribution < -0.4 is 0 Å². The van der Waals surface area contributed by atoms with Crippen LogP contribution in [0.2, 0.25) is 0 Å². The van der Waals surface area contributed by atoms with Gasteiger partial charge in [-0.2, -0.15) is 4.31 Å². The van der Waals surface area contributed by atoms with E-state index in [1.54, 1.807) is 36.8 Å². The lowest BCUT2D eigenvalue weighted by molar-refractivity contribution is 0.462. The van der Waals surface area contributed by atoms with E-state index in [0.29, 0.717) is 4.47 Å². The fourth-order valence-electron chi connectivity index (χ4n) is 1.45. The van der Waals surface area contributed by atoms with Gasteiger partial charge in [-0.1, -0.05) is 12.1 Å². The van der Waals surface area contributed by atoms with E-state index in [-0.39, 0.29) is 11.4 Å². The van der Waals surface area contributed by atoms with E-state index in [2.05, 4.69) is 20.9 Å². The molecule has 2 rings (SSSR count). The van der Waals surface area contributed by atoms with Crippen molar-refractivity contribution in [3.63, 3.8) is 0 Å². The van der Waals surface area contributed by atoms with Crippen molar-refractivity contribution in [1.29, 1.82) is 0 Å². The Morgan fingerprint density at radius 2 is 2.11 bits per heavy atom.